The Morgan fingerprint density at radius 3 is 2.56 bits per heavy atom. The summed E-state index contributed by atoms with van der Waals surface area (Å²) in [7, 11) is 0. The Kier molecular flexibility index (Phi) is 7.46. The van der Waals surface area contributed by atoms with E-state index in [2.05, 4.69) is 54.4 Å². The van der Waals surface area contributed by atoms with Gasteiger partial charge in [-0.3, -0.25) is 14.7 Å². The van der Waals surface area contributed by atoms with Crippen LogP contribution in [-0.2, 0) is 28.0 Å². The fraction of sp³-hybridized carbons (Fsp3) is 0.400. The quantitative estimate of drug-likeness (QED) is 0.527. The highest BCUT2D eigenvalue weighted by Crippen LogP contribution is 2.41. The molecule has 3 aromatic rings. The van der Waals surface area contributed by atoms with Gasteiger partial charge < -0.3 is 15.0 Å². The zero-order valence-electron chi connectivity index (χ0n) is 21.3. The van der Waals surface area contributed by atoms with E-state index in [1.165, 1.54) is 5.56 Å². The minimum atomic E-state index is -0.311. The molecule has 2 aliphatic rings. The van der Waals surface area contributed by atoms with Gasteiger partial charge in [0.05, 0.1) is 25.4 Å². The number of ether oxygens (including phenoxy) is 1. The molecule has 2 unspecified atom stereocenters. The first-order valence-electron chi connectivity index (χ1n) is 12.9. The van der Waals surface area contributed by atoms with Crippen LogP contribution in [-0.4, -0.2) is 61.2 Å². The summed E-state index contributed by atoms with van der Waals surface area (Å²) in [5.41, 5.74) is 5.10. The molecule has 1 amide bonds. The standard InChI is InChI=1S/C30H36N4O2/c1-23-18-33(14-13-31-23)19-29(35)34-21-30(2,22-36-20-25-11-7-4-8-12-25)27-17-32-26(16-28(27)34)15-24-9-5-3-6-10-24/h3-12,16-17,23,31H,13-15,18-22H2,1-2H3. The lowest BCUT2D eigenvalue weighted by Crippen LogP contribution is -2.52. The van der Waals surface area contributed by atoms with Gasteiger partial charge in [-0.2, -0.15) is 0 Å². The molecule has 1 fully saturated rings. The van der Waals surface area contributed by atoms with E-state index in [4.69, 9.17) is 9.72 Å². The number of rotatable bonds is 8. The zero-order chi connectivity index (χ0) is 25.0. The fourth-order valence-corrected chi connectivity index (χ4v) is 5.34. The Morgan fingerprint density at radius 2 is 1.83 bits per heavy atom. The Bertz CT molecular complexity index is 1170. The highest BCUT2D eigenvalue weighted by Gasteiger charge is 2.42. The van der Waals surface area contributed by atoms with Crippen LogP contribution in [0, 0.1) is 0 Å². The second-order valence-corrected chi connectivity index (χ2v) is 10.5. The van der Waals surface area contributed by atoms with Gasteiger partial charge in [0.1, 0.15) is 0 Å². The molecule has 6 nitrogen and oxygen atoms in total. The lowest BCUT2D eigenvalue weighted by molar-refractivity contribution is -0.120. The minimum Gasteiger partial charge on any atom is -0.376 e. The second-order valence-electron chi connectivity index (χ2n) is 10.5. The van der Waals surface area contributed by atoms with Gasteiger partial charge in [-0.1, -0.05) is 67.6 Å². The van der Waals surface area contributed by atoms with E-state index >= 15 is 0 Å². The summed E-state index contributed by atoms with van der Waals surface area (Å²) in [5, 5.41) is 3.46. The van der Waals surface area contributed by atoms with Gasteiger partial charge in [0.15, 0.2) is 0 Å². The first-order chi connectivity index (χ1) is 17.5. The monoisotopic (exact) mass is 484 g/mol. The topological polar surface area (TPSA) is 57.7 Å². The first-order valence-corrected chi connectivity index (χ1v) is 12.9. The molecular weight excluding hydrogens is 448 g/mol. The van der Waals surface area contributed by atoms with Crippen molar-refractivity contribution in [1.29, 1.82) is 0 Å². The van der Waals surface area contributed by atoms with Gasteiger partial charge >= 0.3 is 0 Å². The van der Waals surface area contributed by atoms with Crippen LogP contribution in [0.25, 0.3) is 0 Å². The molecule has 1 N–H and O–H groups in total. The van der Waals surface area contributed by atoms with Crippen molar-refractivity contribution in [2.45, 2.75) is 38.3 Å². The molecule has 2 aliphatic heterocycles. The summed E-state index contributed by atoms with van der Waals surface area (Å²) in [4.78, 5) is 22.7. The number of aromatic nitrogens is 1. The molecular formula is C30H36N4O2. The average molecular weight is 485 g/mol. The number of anilines is 1. The number of hydrogen-bond acceptors (Lipinski definition) is 5. The van der Waals surface area contributed by atoms with E-state index in [0.29, 0.717) is 32.3 Å². The summed E-state index contributed by atoms with van der Waals surface area (Å²) in [6.45, 7) is 9.18. The van der Waals surface area contributed by atoms with Crippen molar-refractivity contribution < 1.29 is 9.53 Å². The number of carbonyl (C=O) groups is 1. The molecule has 5 rings (SSSR count). The SMILES string of the molecule is CC1CN(CC(=O)N2CC(C)(COCc3ccccc3)c3cnc(Cc4ccccc4)cc32)CCN1. The lowest BCUT2D eigenvalue weighted by Gasteiger charge is -2.32. The second kappa shape index (κ2) is 10.9. The maximum absolute atomic E-state index is 13.6. The largest absolute Gasteiger partial charge is 0.376 e. The molecule has 0 aliphatic carbocycles. The summed E-state index contributed by atoms with van der Waals surface area (Å²) in [6.07, 6.45) is 2.71. The number of carbonyl (C=O) groups excluding carboxylic acids is 1. The normalized spacial score (nSPS) is 21.9. The fourth-order valence-electron chi connectivity index (χ4n) is 5.34. The van der Waals surface area contributed by atoms with E-state index < -0.39 is 0 Å². The third kappa shape index (κ3) is 5.67. The van der Waals surface area contributed by atoms with E-state index in [1.54, 1.807) is 0 Å². The first kappa shape index (κ1) is 24.6. The molecule has 3 heterocycles. The van der Waals surface area contributed by atoms with Crippen molar-refractivity contribution in [3.8, 4) is 0 Å². The van der Waals surface area contributed by atoms with E-state index in [0.717, 1.165) is 48.6 Å². The van der Waals surface area contributed by atoms with Crippen molar-refractivity contribution in [1.82, 2.24) is 15.2 Å². The number of amides is 1. The van der Waals surface area contributed by atoms with Crippen LogP contribution >= 0.6 is 0 Å². The van der Waals surface area contributed by atoms with Gasteiger partial charge in [-0.15, -0.1) is 0 Å². The number of fused-ring (bicyclic) bond motifs is 1. The van der Waals surface area contributed by atoms with Crippen LogP contribution in [0.15, 0.2) is 72.9 Å². The number of pyridine rings is 1. The van der Waals surface area contributed by atoms with E-state index in [-0.39, 0.29) is 11.3 Å². The number of benzene rings is 2. The van der Waals surface area contributed by atoms with Crippen molar-refractivity contribution >= 4 is 11.6 Å². The molecule has 36 heavy (non-hydrogen) atoms. The van der Waals surface area contributed by atoms with Crippen molar-refractivity contribution in [2.24, 2.45) is 0 Å². The van der Waals surface area contributed by atoms with Crippen LogP contribution in [0.1, 0.15) is 36.2 Å². The van der Waals surface area contributed by atoms with Crippen molar-refractivity contribution in [2.75, 3.05) is 44.2 Å². The Morgan fingerprint density at radius 1 is 1.11 bits per heavy atom. The molecule has 2 aromatic carbocycles. The molecule has 0 saturated carbocycles. The lowest BCUT2D eigenvalue weighted by atomic mass is 9.86. The number of hydrogen-bond donors (Lipinski definition) is 1. The van der Waals surface area contributed by atoms with E-state index in [9.17, 15) is 4.79 Å². The predicted molar refractivity (Wildman–Crippen MR) is 143 cm³/mol. The molecule has 6 heteroatoms. The average Bonchev–Trinajstić information content (AvgIpc) is 3.17. The maximum Gasteiger partial charge on any atom is 0.241 e. The van der Waals surface area contributed by atoms with Gasteiger partial charge in [0.2, 0.25) is 5.91 Å². The van der Waals surface area contributed by atoms with Crippen molar-refractivity contribution in [3.05, 3.63) is 95.3 Å². The molecule has 0 radical (unpaired) electrons. The Balaban J connectivity index is 1.37. The highest BCUT2D eigenvalue weighted by atomic mass is 16.5. The predicted octanol–water partition coefficient (Wildman–Crippen LogP) is 3.79. The van der Waals surface area contributed by atoms with Crippen LogP contribution in [0.4, 0.5) is 5.69 Å². The third-order valence-electron chi connectivity index (χ3n) is 7.26. The molecule has 188 valence electrons. The highest BCUT2D eigenvalue weighted by molar-refractivity contribution is 5.97. The Labute approximate surface area is 214 Å². The van der Waals surface area contributed by atoms with Crippen LogP contribution < -0.4 is 10.2 Å². The van der Waals surface area contributed by atoms with Crippen molar-refractivity contribution in [3.63, 3.8) is 0 Å². The minimum absolute atomic E-state index is 0.147. The smallest absolute Gasteiger partial charge is 0.241 e. The van der Waals surface area contributed by atoms with Gasteiger partial charge in [0.25, 0.3) is 0 Å². The van der Waals surface area contributed by atoms with Crippen LogP contribution in [0.5, 0.6) is 0 Å². The zero-order valence-corrected chi connectivity index (χ0v) is 21.3. The van der Waals surface area contributed by atoms with E-state index in [1.807, 2.05) is 47.5 Å². The molecule has 1 aromatic heterocycles. The molecule has 0 bridgehead atoms. The molecule has 1 saturated heterocycles. The third-order valence-corrected chi connectivity index (χ3v) is 7.26. The van der Waals surface area contributed by atoms with Gasteiger partial charge in [-0.05, 0) is 24.1 Å². The number of piperazine rings is 1. The summed E-state index contributed by atoms with van der Waals surface area (Å²) in [6, 6.07) is 23.1. The van der Waals surface area contributed by atoms with Crippen LogP contribution in [0.3, 0.4) is 0 Å². The van der Waals surface area contributed by atoms with Crippen LogP contribution in [0.2, 0.25) is 0 Å². The molecule has 2 atom stereocenters. The summed E-state index contributed by atoms with van der Waals surface area (Å²) in [5.74, 6) is 0.147. The van der Waals surface area contributed by atoms with Gasteiger partial charge in [-0.25, -0.2) is 0 Å². The summed E-state index contributed by atoms with van der Waals surface area (Å²) >= 11 is 0. The molecule has 0 spiro atoms. The van der Waals surface area contributed by atoms with Gasteiger partial charge in [0, 0.05) is 61.5 Å². The summed E-state index contributed by atoms with van der Waals surface area (Å²) < 4.78 is 6.20. The Hall–Kier alpha value is -3.06. The number of nitrogens with zero attached hydrogens (tertiary/aromatic N) is 3. The number of nitrogens with one attached hydrogen (secondary N) is 1. The maximum atomic E-state index is 13.6.